The van der Waals surface area contributed by atoms with Gasteiger partial charge >= 0.3 is 0 Å². The quantitative estimate of drug-likeness (QED) is 0.457. The second-order valence-corrected chi connectivity index (χ2v) is 14.6. The monoisotopic (exact) mass is 428 g/mol. The summed E-state index contributed by atoms with van der Waals surface area (Å²) in [6.45, 7) is 16.4. The maximum atomic E-state index is 10.9. The second kappa shape index (κ2) is 6.32. The predicted octanol–water partition coefficient (Wildman–Crippen LogP) is 6.85. The Balaban J connectivity index is 1.39. The molecular weight excluding hydrogens is 380 g/mol. The minimum atomic E-state index is -0.118. The molecular formula is C29H48O2. The van der Waals surface area contributed by atoms with E-state index in [0.717, 1.165) is 42.6 Å². The van der Waals surface area contributed by atoms with Gasteiger partial charge in [-0.15, -0.1) is 0 Å². The van der Waals surface area contributed by atoms with Crippen molar-refractivity contribution in [2.75, 3.05) is 6.61 Å². The molecule has 1 aliphatic heterocycles. The number of ether oxygens (including phenoxy) is 1. The zero-order chi connectivity index (χ0) is 22.0. The number of hydrogen-bond donors (Lipinski definition) is 1. The van der Waals surface area contributed by atoms with Crippen molar-refractivity contribution >= 4 is 0 Å². The van der Waals surface area contributed by atoms with Gasteiger partial charge in [-0.25, -0.2) is 0 Å². The van der Waals surface area contributed by atoms with E-state index in [2.05, 4.69) is 41.5 Å². The second-order valence-electron chi connectivity index (χ2n) is 14.6. The number of hydrogen-bond acceptors (Lipinski definition) is 2. The van der Waals surface area contributed by atoms with Crippen molar-refractivity contribution < 1.29 is 9.84 Å². The Morgan fingerprint density at radius 2 is 1.52 bits per heavy atom. The van der Waals surface area contributed by atoms with Gasteiger partial charge in [0.25, 0.3) is 0 Å². The van der Waals surface area contributed by atoms with E-state index in [1.54, 1.807) is 0 Å². The molecule has 2 bridgehead atoms. The molecule has 5 saturated carbocycles. The summed E-state index contributed by atoms with van der Waals surface area (Å²) in [7, 11) is 0. The van der Waals surface area contributed by atoms with Crippen LogP contribution in [0, 0.1) is 57.2 Å². The summed E-state index contributed by atoms with van der Waals surface area (Å²) < 4.78 is 6.75. The third-order valence-corrected chi connectivity index (χ3v) is 13.8. The first-order chi connectivity index (χ1) is 14.5. The van der Waals surface area contributed by atoms with Crippen molar-refractivity contribution in [2.24, 2.45) is 57.2 Å². The lowest BCUT2D eigenvalue weighted by atomic mass is 9.32. The molecule has 1 heterocycles. The van der Waals surface area contributed by atoms with E-state index < -0.39 is 0 Å². The highest BCUT2D eigenvalue weighted by atomic mass is 16.5. The van der Waals surface area contributed by atoms with Crippen molar-refractivity contribution in [2.45, 2.75) is 117 Å². The SMILES string of the molecule is CC1COC23CCC1C2C1CCC2C4(C)CCC(O)C(C)(C)C4CCC2(C)C1(C)CC3. The first kappa shape index (κ1) is 21.5. The first-order valence-corrected chi connectivity index (χ1v) is 13.8. The minimum absolute atomic E-state index is 0.0639. The maximum absolute atomic E-state index is 10.9. The van der Waals surface area contributed by atoms with Crippen molar-refractivity contribution in [1.29, 1.82) is 0 Å². The van der Waals surface area contributed by atoms with E-state index in [9.17, 15) is 5.11 Å². The van der Waals surface area contributed by atoms with Crippen LogP contribution in [0.25, 0.3) is 0 Å². The standard InChI is InChI=1S/C29H48O2/c1-18-17-31-29-14-9-19(18)24(29)20-7-8-22-26(4)12-11-23(30)25(2,3)21(26)10-13-28(22,6)27(20,5)15-16-29/h18-24,30H,7-17H2,1-6H3. The van der Waals surface area contributed by atoms with Crippen molar-refractivity contribution in [3.05, 3.63) is 0 Å². The molecule has 0 radical (unpaired) electrons. The molecule has 0 aromatic carbocycles. The van der Waals surface area contributed by atoms with Gasteiger partial charge in [0.05, 0.1) is 18.3 Å². The summed E-state index contributed by atoms with van der Waals surface area (Å²) in [6.07, 6.45) is 13.1. The van der Waals surface area contributed by atoms with Crippen LogP contribution in [-0.2, 0) is 4.74 Å². The maximum Gasteiger partial charge on any atom is 0.0716 e. The van der Waals surface area contributed by atoms with E-state index in [4.69, 9.17) is 4.74 Å². The van der Waals surface area contributed by atoms with Gasteiger partial charge in [0.1, 0.15) is 0 Å². The highest BCUT2D eigenvalue weighted by molar-refractivity contribution is 5.20. The van der Waals surface area contributed by atoms with Gasteiger partial charge < -0.3 is 9.84 Å². The summed E-state index contributed by atoms with van der Waals surface area (Å²) in [5, 5.41) is 10.9. The fourth-order valence-electron chi connectivity index (χ4n) is 11.9. The topological polar surface area (TPSA) is 29.5 Å². The lowest BCUT2D eigenvalue weighted by Gasteiger charge is -2.73. The molecule has 6 rings (SSSR count). The number of rotatable bonds is 0. The number of aliphatic hydroxyl groups is 1. The van der Waals surface area contributed by atoms with Crippen LogP contribution < -0.4 is 0 Å². The Hall–Kier alpha value is -0.0800. The molecule has 1 saturated heterocycles. The van der Waals surface area contributed by atoms with Crippen molar-refractivity contribution in [1.82, 2.24) is 0 Å². The van der Waals surface area contributed by atoms with Gasteiger partial charge in [0, 0.05) is 0 Å². The van der Waals surface area contributed by atoms with E-state index in [1.165, 1.54) is 57.8 Å². The van der Waals surface area contributed by atoms with Crippen LogP contribution in [0.4, 0.5) is 0 Å². The molecule has 5 aliphatic carbocycles. The molecule has 0 spiro atoms. The van der Waals surface area contributed by atoms with E-state index in [0.29, 0.717) is 22.2 Å². The van der Waals surface area contributed by atoms with Gasteiger partial charge in [0.2, 0.25) is 0 Å². The lowest BCUT2D eigenvalue weighted by Crippen LogP contribution is -2.68. The van der Waals surface area contributed by atoms with Crippen LogP contribution in [0.5, 0.6) is 0 Å². The van der Waals surface area contributed by atoms with Crippen LogP contribution in [0.15, 0.2) is 0 Å². The summed E-state index contributed by atoms with van der Waals surface area (Å²) in [5.41, 5.74) is 1.60. The fraction of sp³-hybridized carbons (Fsp3) is 1.00. The Morgan fingerprint density at radius 3 is 2.29 bits per heavy atom. The van der Waals surface area contributed by atoms with E-state index >= 15 is 0 Å². The molecule has 176 valence electrons. The van der Waals surface area contributed by atoms with Crippen molar-refractivity contribution in [3.63, 3.8) is 0 Å². The third kappa shape index (κ3) is 2.38. The molecule has 2 nitrogen and oxygen atoms in total. The molecule has 6 aliphatic rings. The van der Waals surface area contributed by atoms with Gasteiger partial charge in [-0.2, -0.15) is 0 Å². The molecule has 0 amide bonds. The smallest absolute Gasteiger partial charge is 0.0716 e. The predicted molar refractivity (Wildman–Crippen MR) is 126 cm³/mol. The number of fused-ring (bicyclic) bond motifs is 5. The van der Waals surface area contributed by atoms with Crippen LogP contribution in [0.3, 0.4) is 0 Å². The normalized spacial score (nSPS) is 62.2. The molecule has 1 N–H and O–H groups in total. The van der Waals surface area contributed by atoms with Crippen molar-refractivity contribution in [3.8, 4) is 0 Å². The first-order valence-electron chi connectivity index (χ1n) is 13.8. The highest BCUT2D eigenvalue weighted by Gasteiger charge is 2.71. The lowest BCUT2D eigenvalue weighted by molar-refractivity contribution is -0.272. The average Bonchev–Trinajstić information content (AvgIpc) is 3.02. The Morgan fingerprint density at radius 1 is 0.742 bits per heavy atom. The third-order valence-electron chi connectivity index (χ3n) is 13.8. The van der Waals surface area contributed by atoms with Crippen LogP contribution in [0.2, 0.25) is 0 Å². The van der Waals surface area contributed by atoms with Gasteiger partial charge in [-0.1, -0.05) is 41.5 Å². The Bertz CT molecular complexity index is 760. The van der Waals surface area contributed by atoms with E-state index in [1.807, 2.05) is 0 Å². The largest absolute Gasteiger partial charge is 0.393 e. The van der Waals surface area contributed by atoms with Crippen LogP contribution in [0.1, 0.15) is 106 Å². The van der Waals surface area contributed by atoms with Gasteiger partial charge in [-0.3, -0.25) is 0 Å². The van der Waals surface area contributed by atoms with E-state index in [-0.39, 0.29) is 17.1 Å². The summed E-state index contributed by atoms with van der Waals surface area (Å²) in [5.74, 6) is 4.84. The van der Waals surface area contributed by atoms with Gasteiger partial charge in [0.15, 0.2) is 0 Å². The Kier molecular flexibility index (Phi) is 4.37. The van der Waals surface area contributed by atoms with Crippen LogP contribution in [-0.4, -0.2) is 23.4 Å². The number of aliphatic hydroxyl groups excluding tert-OH is 1. The average molecular weight is 429 g/mol. The molecule has 0 aromatic rings. The molecule has 0 aromatic heterocycles. The van der Waals surface area contributed by atoms with Gasteiger partial charge in [-0.05, 0) is 121 Å². The molecule has 6 fully saturated rings. The molecule has 31 heavy (non-hydrogen) atoms. The molecule has 11 unspecified atom stereocenters. The zero-order valence-corrected chi connectivity index (χ0v) is 21.2. The fourth-order valence-corrected chi connectivity index (χ4v) is 11.9. The highest BCUT2D eigenvalue weighted by Crippen LogP contribution is 2.77. The summed E-state index contributed by atoms with van der Waals surface area (Å²) >= 11 is 0. The minimum Gasteiger partial charge on any atom is -0.393 e. The summed E-state index contributed by atoms with van der Waals surface area (Å²) in [6, 6.07) is 0. The molecule has 11 atom stereocenters. The Labute approximate surface area is 191 Å². The van der Waals surface area contributed by atoms with Crippen LogP contribution >= 0.6 is 0 Å². The summed E-state index contributed by atoms with van der Waals surface area (Å²) in [4.78, 5) is 0. The molecule has 2 heteroatoms. The zero-order valence-electron chi connectivity index (χ0n) is 21.2.